The Hall–Kier alpha value is -3.48. The second-order valence-corrected chi connectivity index (χ2v) is 6.93. The highest BCUT2D eigenvalue weighted by Gasteiger charge is 2.37. The summed E-state index contributed by atoms with van der Waals surface area (Å²) in [5.74, 6) is 0.609. The molecule has 0 radical (unpaired) electrons. The number of nitrogens with one attached hydrogen (secondary N) is 2. The number of anilines is 1. The van der Waals surface area contributed by atoms with Crippen molar-refractivity contribution in [2.45, 2.75) is 18.9 Å². The molecule has 0 fully saturated rings. The molecule has 2 aromatic carbocycles. The number of aryl methyl sites for hydroxylation is 2. The molecule has 7 heteroatoms. The van der Waals surface area contributed by atoms with E-state index < -0.39 is 0 Å². The normalized spacial score (nSPS) is 18.4. The van der Waals surface area contributed by atoms with Crippen LogP contribution in [0.2, 0.25) is 0 Å². The summed E-state index contributed by atoms with van der Waals surface area (Å²) in [6.45, 7) is 1.99. The number of nitrogens with zero attached hydrogens (tertiary/aromatic N) is 4. The Kier molecular flexibility index (Phi) is 3.36. The molecule has 0 spiro atoms. The van der Waals surface area contributed by atoms with E-state index in [2.05, 4.69) is 43.8 Å². The molecule has 134 valence electrons. The largest absolute Gasteiger partial charge is 0.377 e. The van der Waals surface area contributed by atoms with Gasteiger partial charge in [-0.3, -0.25) is 9.48 Å². The smallest absolute Gasteiger partial charge is 0.272 e. The number of hydrogen-bond donors (Lipinski definition) is 2. The average Bonchev–Trinajstić information content (AvgIpc) is 3.10. The molecule has 5 rings (SSSR count). The first-order valence-corrected chi connectivity index (χ1v) is 8.82. The minimum absolute atomic E-state index is 0.0787. The van der Waals surface area contributed by atoms with E-state index in [9.17, 15) is 4.79 Å². The Bertz CT molecular complexity index is 1210. The summed E-state index contributed by atoms with van der Waals surface area (Å²) in [5.41, 5.74) is 3.69. The number of hydrogen-bond acceptors (Lipinski definition) is 5. The minimum Gasteiger partial charge on any atom is -0.377 e. The molecule has 0 saturated heterocycles. The van der Waals surface area contributed by atoms with Crippen LogP contribution < -0.4 is 10.9 Å². The molecular weight excluding hydrogens is 340 g/mol. The van der Waals surface area contributed by atoms with Crippen molar-refractivity contribution in [2.75, 3.05) is 5.32 Å². The first kappa shape index (κ1) is 15.7. The maximum absolute atomic E-state index is 12.4. The standard InChI is InChI=1S/C20H18N6O/c1-11-8-13-15-14(9-11)23-17(12-6-4-3-5-7-12)16(18(15)24-25-20(13)27)19-21-10-22-26(19)2/h3-10,16-17,23H,1-2H3,(H,25,27). The van der Waals surface area contributed by atoms with Gasteiger partial charge in [0.05, 0.1) is 23.0 Å². The highest BCUT2D eigenvalue weighted by molar-refractivity contribution is 5.97. The van der Waals surface area contributed by atoms with Gasteiger partial charge in [0.1, 0.15) is 12.2 Å². The van der Waals surface area contributed by atoms with Crippen molar-refractivity contribution in [3.8, 4) is 0 Å². The average molecular weight is 358 g/mol. The van der Waals surface area contributed by atoms with Gasteiger partial charge in [-0.15, -0.1) is 0 Å². The Balaban J connectivity index is 1.85. The molecule has 1 aliphatic rings. The van der Waals surface area contributed by atoms with Gasteiger partial charge in [-0.05, 0) is 30.2 Å². The zero-order valence-electron chi connectivity index (χ0n) is 15.0. The van der Waals surface area contributed by atoms with Crippen molar-refractivity contribution in [3.05, 3.63) is 81.8 Å². The molecule has 0 bridgehead atoms. The molecular formula is C20H18N6O. The molecule has 0 aliphatic carbocycles. The van der Waals surface area contributed by atoms with E-state index in [1.165, 1.54) is 0 Å². The predicted octanol–water partition coefficient (Wildman–Crippen LogP) is 2.66. The van der Waals surface area contributed by atoms with Gasteiger partial charge in [-0.2, -0.15) is 10.2 Å². The number of benzene rings is 2. The van der Waals surface area contributed by atoms with Gasteiger partial charge >= 0.3 is 0 Å². The van der Waals surface area contributed by atoms with Crippen LogP contribution >= 0.6 is 0 Å². The lowest BCUT2D eigenvalue weighted by atomic mass is 9.83. The highest BCUT2D eigenvalue weighted by atomic mass is 16.1. The number of aromatic amines is 1. The summed E-state index contributed by atoms with van der Waals surface area (Å²) in [6, 6.07) is 14.1. The fourth-order valence-corrected chi connectivity index (χ4v) is 4.01. The summed E-state index contributed by atoms with van der Waals surface area (Å²) in [5, 5.41) is 16.5. The van der Waals surface area contributed by atoms with Gasteiger partial charge in [0.15, 0.2) is 0 Å². The van der Waals surface area contributed by atoms with Crippen LogP contribution in [-0.4, -0.2) is 25.0 Å². The third-order valence-electron chi connectivity index (χ3n) is 5.18. The van der Waals surface area contributed by atoms with Gasteiger partial charge in [-0.25, -0.2) is 10.1 Å². The quantitative estimate of drug-likeness (QED) is 0.575. The van der Waals surface area contributed by atoms with E-state index >= 15 is 0 Å². The molecule has 0 amide bonds. The maximum atomic E-state index is 12.4. The maximum Gasteiger partial charge on any atom is 0.272 e. The summed E-state index contributed by atoms with van der Waals surface area (Å²) < 4.78 is 1.76. The summed E-state index contributed by atoms with van der Waals surface area (Å²) in [4.78, 5) is 16.9. The van der Waals surface area contributed by atoms with Gasteiger partial charge in [0, 0.05) is 18.1 Å². The predicted molar refractivity (Wildman–Crippen MR) is 103 cm³/mol. The Morgan fingerprint density at radius 1 is 1.15 bits per heavy atom. The van der Waals surface area contributed by atoms with Crippen LogP contribution in [0.4, 0.5) is 5.69 Å². The van der Waals surface area contributed by atoms with Crippen LogP contribution in [0.3, 0.4) is 0 Å². The second kappa shape index (κ2) is 5.77. The van der Waals surface area contributed by atoms with E-state index in [0.717, 1.165) is 33.7 Å². The fourth-order valence-electron chi connectivity index (χ4n) is 4.01. The molecule has 7 nitrogen and oxygen atoms in total. The Morgan fingerprint density at radius 2 is 1.96 bits per heavy atom. The molecule has 0 saturated carbocycles. The fraction of sp³-hybridized carbons (Fsp3) is 0.200. The summed E-state index contributed by atoms with van der Waals surface area (Å²) >= 11 is 0. The minimum atomic E-state index is -0.186. The number of aromatic nitrogens is 5. The third kappa shape index (κ3) is 2.35. The van der Waals surface area contributed by atoms with Crippen molar-refractivity contribution in [2.24, 2.45) is 7.05 Å². The Morgan fingerprint density at radius 3 is 2.70 bits per heavy atom. The first-order chi connectivity index (χ1) is 13.1. The molecule has 1 aliphatic heterocycles. The van der Waals surface area contributed by atoms with Gasteiger partial charge in [-0.1, -0.05) is 30.3 Å². The van der Waals surface area contributed by atoms with Crippen LogP contribution in [0.5, 0.6) is 0 Å². The van der Waals surface area contributed by atoms with E-state index in [1.807, 2.05) is 38.2 Å². The number of rotatable bonds is 2. The van der Waals surface area contributed by atoms with Crippen molar-refractivity contribution in [1.29, 1.82) is 0 Å². The second-order valence-electron chi connectivity index (χ2n) is 6.93. The zero-order chi connectivity index (χ0) is 18.5. The molecule has 27 heavy (non-hydrogen) atoms. The highest BCUT2D eigenvalue weighted by Crippen LogP contribution is 2.45. The van der Waals surface area contributed by atoms with E-state index in [-0.39, 0.29) is 17.5 Å². The van der Waals surface area contributed by atoms with Crippen LogP contribution in [-0.2, 0) is 7.05 Å². The number of H-pyrrole nitrogens is 1. The first-order valence-electron chi connectivity index (χ1n) is 8.82. The molecule has 4 aromatic rings. The SMILES string of the molecule is Cc1cc2c3c(n[nH]c(=O)c3c1)C(c1ncnn1C)C(c1ccccc1)N2. The van der Waals surface area contributed by atoms with E-state index in [0.29, 0.717) is 5.39 Å². The molecule has 2 unspecified atom stereocenters. The zero-order valence-corrected chi connectivity index (χ0v) is 15.0. The summed E-state index contributed by atoms with van der Waals surface area (Å²) in [7, 11) is 1.87. The van der Waals surface area contributed by atoms with Crippen LogP contribution in [0.25, 0.3) is 10.8 Å². The third-order valence-corrected chi connectivity index (χ3v) is 5.18. The van der Waals surface area contributed by atoms with Crippen molar-refractivity contribution >= 4 is 16.5 Å². The van der Waals surface area contributed by atoms with Crippen molar-refractivity contribution in [3.63, 3.8) is 0 Å². The lowest BCUT2D eigenvalue weighted by Crippen LogP contribution is -2.29. The van der Waals surface area contributed by atoms with Crippen LogP contribution in [0, 0.1) is 6.92 Å². The van der Waals surface area contributed by atoms with Crippen LogP contribution in [0.1, 0.15) is 34.6 Å². The summed E-state index contributed by atoms with van der Waals surface area (Å²) in [6.07, 6.45) is 1.55. The topological polar surface area (TPSA) is 88.5 Å². The Labute approximate surface area is 155 Å². The molecule has 2 N–H and O–H groups in total. The molecule has 2 aromatic heterocycles. The van der Waals surface area contributed by atoms with Crippen molar-refractivity contribution in [1.82, 2.24) is 25.0 Å². The van der Waals surface area contributed by atoms with Gasteiger partial charge in [0.25, 0.3) is 5.56 Å². The molecule has 2 atom stereocenters. The lowest BCUT2D eigenvalue weighted by Gasteiger charge is -2.34. The van der Waals surface area contributed by atoms with Gasteiger partial charge in [0.2, 0.25) is 0 Å². The van der Waals surface area contributed by atoms with Gasteiger partial charge < -0.3 is 5.32 Å². The molecule has 3 heterocycles. The van der Waals surface area contributed by atoms with E-state index in [4.69, 9.17) is 0 Å². The van der Waals surface area contributed by atoms with Crippen molar-refractivity contribution < 1.29 is 0 Å². The van der Waals surface area contributed by atoms with E-state index in [1.54, 1.807) is 11.0 Å². The lowest BCUT2D eigenvalue weighted by molar-refractivity contribution is 0.566. The van der Waals surface area contributed by atoms with Crippen LogP contribution in [0.15, 0.2) is 53.6 Å². The monoisotopic (exact) mass is 358 g/mol.